The molecule has 144 valence electrons. The van der Waals surface area contributed by atoms with E-state index in [2.05, 4.69) is 21.5 Å². The van der Waals surface area contributed by atoms with Gasteiger partial charge in [0.05, 0.1) is 6.54 Å². The van der Waals surface area contributed by atoms with E-state index in [0.717, 1.165) is 6.42 Å². The van der Waals surface area contributed by atoms with Gasteiger partial charge >= 0.3 is 0 Å². The summed E-state index contributed by atoms with van der Waals surface area (Å²) in [5.74, 6) is 0.708. The maximum atomic E-state index is 12.3. The molecule has 1 N–H and O–H groups in total. The molecule has 1 saturated heterocycles. The fourth-order valence-corrected chi connectivity index (χ4v) is 3.91. The number of nitrogens with zero attached hydrogens (tertiary/aromatic N) is 3. The summed E-state index contributed by atoms with van der Waals surface area (Å²) in [6.45, 7) is 1.46. The minimum atomic E-state index is -0.198. The average molecular weight is 396 g/mol. The van der Waals surface area contributed by atoms with E-state index in [4.69, 9.17) is 4.52 Å². The highest BCUT2D eigenvalue weighted by Crippen LogP contribution is 2.26. The van der Waals surface area contributed by atoms with Gasteiger partial charge in [0, 0.05) is 35.9 Å². The van der Waals surface area contributed by atoms with Crippen LogP contribution < -0.4 is 5.32 Å². The largest absolute Gasteiger partial charge is 0.343 e. The van der Waals surface area contributed by atoms with Gasteiger partial charge in [-0.1, -0.05) is 29.4 Å². The molecule has 0 saturated carbocycles. The van der Waals surface area contributed by atoms with E-state index in [1.54, 1.807) is 35.6 Å². The zero-order chi connectivity index (χ0) is 19.3. The van der Waals surface area contributed by atoms with Crippen molar-refractivity contribution in [2.24, 2.45) is 0 Å². The number of hydrogen-bond acceptors (Lipinski definition) is 6. The smallest absolute Gasteiger partial charge is 0.251 e. The van der Waals surface area contributed by atoms with Gasteiger partial charge in [-0.15, -0.1) is 11.3 Å². The molecule has 1 aromatic carbocycles. The van der Waals surface area contributed by atoms with E-state index in [-0.39, 0.29) is 24.3 Å². The second-order valence-corrected chi connectivity index (χ2v) is 7.70. The van der Waals surface area contributed by atoms with Crippen molar-refractivity contribution in [3.8, 4) is 0 Å². The lowest BCUT2D eigenvalue weighted by Gasteiger charge is -2.15. The number of hydrogen-bond donors (Lipinski definition) is 1. The summed E-state index contributed by atoms with van der Waals surface area (Å²) in [6.07, 6.45) is 1.25. The monoisotopic (exact) mass is 396 g/mol. The number of rotatable bonds is 7. The van der Waals surface area contributed by atoms with E-state index in [1.165, 1.54) is 4.88 Å². The standard InChI is InChI=1S/C20H20N4O3S/c25-18-11-15(13-24(18)9-8-16-7-4-10-28-16)19-22-17(27-23-19)12-21-20(26)14-5-2-1-3-6-14/h1-7,10,15H,8-9,11-13H2,(H,21,26). The van der Waals surface area contributed by atoms with Crippen LogP contribution in [0.2, 0.25) is 0 Å². The van der Waals surface area contributed by atoms with Crippen LogP contribution in [-0.4, -0.2) is 39.9 Å². The Hall–Kier alpha value is -3.00. The number of likely N-dealkylation sites (tertiary alicyclic amines) is 1. The van der Waals surface area contributed by atoms with E-state index in [1.807, 2.05) is 22.4 Å². The maximum absolute atomic E-state index is 12.3. The topological polar surface area (TPSA) is 88.3 Å². The molecule has 8 heteroatoms. The van der Waals surface area contributed by atoms with Gasteiger partial charge in [-0.3, -0.25) is 9.59 Å². The zero-order valence-corrected chi connectivity index (χ0v) is 16.0. The third-order valence-corrected chi connectivity index (χ3v) is 5.64. The van der Waals surface area contributed by atoms with Gasteiger partial charge in [-0.25, -0.2) is 0 Å². The molecule has 1 aliphatic heterocycles. The summed E-state index contributed by atoms with van der Waals surface area (Å²) in [7, 11) is 0. The fraction of sp³-hybridized carbons (Fsp3) is 0.300. The van der Waals surface area contributed by atoms with Crippen molar-refractivity contribution in [2.45, 2.75) is 25.3 Å². The van der Waals surface area contributed by atoms with Crippen LogP contribution in [0, 0.1) is 0 Å². The molecular formula is C20H20N4O3S. The maximum Gasteiger partial charge on any atom is 0.251 e. The predicted octanol–water partition coefficient (Wildman–Crippen LogP) is 2.62. The molecule has 3 aromatic rings. The van der Waals surface area contributed by atoms with Crippen molar-refractivity contribution in [3.05, 3.63) is 70.0 Å². The Bertz CT molecular complexity index is 940. The molecule has 2 aromatic heterocycles. The molecule has 1 unspecified atom stereocenters. The minimum absolute atomic E-state index is 0.0711. The Morgan fingerprint density at radius 2 is 2.11 bits per heavy atom. The van der Waals surface area contributed by atoms with Gasteiger partial charge in [-0.2, -0.15) is 4.98 Å². The Balaban J connectivity index is 1.30. The lowest BCUT2D eigenvalue weighted by Crippen LogP contribution is -2.27. The second-order valence-electron chi connectivity index (χ2n) is 6.67. The van der Waals surface area contributed by atoms with E-state index in [9.17, 15) is 9.59 Å². The molecule has 3 heterocycles. The Kier molecular flexibility index (Phi) is 5.48. The van der Waals surface area contributed by atoms with Crippen molar-refractivity contribution >= 4 is 23.2 Å². The molecule has 7 nitrogen and oxygen atoms in total. The normalized spacial score (nSPS) is 16.5. The highest BCUT2D eigenvalue weighted by Gasteiger charge is 2.33. The van der Waals surface area contributed by atoms with Gasteiger partial charge in [0.15, 0.2) is 5.82 Å². The first-order chi connectivity index (χ1) is 13.7. The van der Waals surface area contributed by atoms with Gasteiger partial charge in [0.2, 0.25) is 11.8 Å². The second kappa shape index (κ2) is 8.35. The molecule has 4 rings (SSSR count). The summed E-state index contributed by atoms with van der Waals surface area (Å²) in [5.41, 5.74) is 0.574. The van der Waals surface area contributed by atoms with Crippen molar-refractivity contribution < 1.29 is 14.1 Å². The van der Waals surface area contributed by atoms with Crippen molar-refractivity contribution in [3.63, 3.8) is 0 Å². The van der Waals surface area contributed by atoms with Crippen molar-refractivity contribution in [1.29, 1.82) is 0 Å². The summed E-state index contributed by atoms with van der Waals surface area (Å²) in [5, 5.41) is 8.82. The first kappa shape index (κ1) is 18.4. The number of nitrogens with one attached hydrogen (secondary N) is 1. The molecular weight excluding hydrogens is 376 g/mol. The molecule has 1 fully saturated rings. The molecule has 28 heavy (non-hydrogen) atoms. The van der Waals surface area contributed by atoms with Gasteiger partial charge < -0.3 is 14.7 Å². The number of amides is 2. The molecule has 0 radical (unpaired) electrons. The van der Waals surface area contributed by atoms with Crippen LogP contribution in [0.4, 0.5) is 0 Å². The molecule has 0 aliphatic carbocycles. The summed E-state index contributed by atoms with van der Waals surface area (Å²) in [4.78, 5) is 31.9. The van der Waals surface area contributed by atoms with E-state index in [0.29, 0.717) is 36.8 Å². The SMILES string of the molecule is O=C(NCc1nc(C2CC(=O)N(CCc3cccs3)C2)no1)c1ccccc1. The number of carbonyl (C=O) groups excluding carboxylic acids is 2. The number of benzene rings is 1. The first-order valence-electron chi connectivity index (χ1n) is 9.15. The van der Waals surface area contributed by atoms with E-state index < -0.39 is 0 Å². The van der Waals surface area contributed by atoms with Gasteiger partial charge in [0.1, 0.15) is 0 Å². The molecule has 0 bridgehead atoms. The third-order valence-electron chi connectivity index (χ3n) is 4.71. The van der Waals surface area contributed by atoms with Crippen LogP contribution >= 0.6 is 11.3 Å². The highest BCUT2D eigenvalue weighted by atomic mass is 32.1. The molecule has 2 amide bonds. The number of carbonyl (C=O) groups is 2. The highest BCUT2D eigenvalue weighted by molar-refractivity contribution is 7.09. The third kappa shape index (κ3) is 4.28. The molecule has 1 aliphatic rings. The van der Waals surface area contributed by atoms with E-state index >= 15 is 0 Å². The average Bonchev–Trinajstić information content (AvgIpc) is 3.46. The molecule has 0 spiro atoms. The van der Waals surface area contributed by atoms with Crippen LogP contribution in [0.5, 0.6) is 0 Å². The van der Waals surface area contributed by atoms with Gasteiger partial charge in [-0.05, 0) is 30.0 Å². The lowest BCUT2D eigenvalue weighted by atomic mass is 10.1. The first-order valence-corrected chi connectivity index (χ1v) is 10.0. The quantitative estimate of drug-likeness (QED) is 0.663. The van der Waals surface area contributed by atoms with Crippen LogP contribution in [0.15, 0.2) is 52.4 Å². The summed E-state index contributed by atoms with van der Waals surface area (Å²) < 4.78 is 5.25. The molecule has 1 atom stereocenters. The van der Waals surface area contributed by atoms with Gasteiger partial charge in [0.25, 0.3) is 5.91 Å². The Morgan fingerprint density at radius 3 is 2.89 bits per heavy atom. The minimum Gasteiger partial charge on any atom is -0.343 e. The Morgan fingerprint density at radius 1 is 1.25 bits per heavy atom. The summed E-state index contributed by atoms with van der Waals surface area (Å²) >= 11 is 1.70. The van der Waals surface area contributed by atoms with Crippen molar-refractivity contribution in [1.82, 2.24) is 20.4 Å². The predicted molar refractivity (Wildman–Crippen MR) is 104 cm³/mol. The number of aromatic nitrogens is 2. The van der Waals surface area contributed by atoms with Crippen molar-refractivity contribution in [2.75, 3.05) is 13.1 Å². The summed E-state index contributed by atoms with van der Waals surface area (Å²) in [6, 6.07) is 13.0. The number of thiophene rings is 1. The van der Waals surface area contributed by atoms with Crippen LogP contribution in [0.3, 0.4) is 0 Å². The lowest BCUT2D eigenvalue weighted by molar-refractivity contribution is -0.127. The van der Waals surface area contributed by atoms with Crippen LogP contribution in [0.1, 0.15) is 39.3 Å². The zero-order valence-electron chi connectivity index (χ0n) is 15.2. The van der Waals surface area contributed by atoms with Crippen LogP contribution in [0.25, 0.3) is 0 Å². The van der Waals surface area contributed by atoms with Crippen LogP contribution in [-0.2, 0) is 17.8 Å². The fourth-order valence-electron chi connectivity index (χ4n) is 3.21. The Labute approximate surface area is 166 Å².